The summed E-state index contributed by atoms with van der Waals surface area (Å²) >= 11 is 0. The van der Waals surface area contributed by atoms with Gasteiger partial charge in [0, 0.05) is 6.42 Å². The molecule has 0 aliphatic carbocycles. The van der Waals surface area contributed by atoms with Gasteiger partial charge in [-0.3, -0.25) is 4.79 Å². The highest BCUT2D eigenvalue weighted by Crippen LogP contribution is 2.13. The second-order valence-electron chi connectivity index (χ2n) is 8.56. The van der Waals surface area contributed by atoms with E-state index in [1.165, 1.54) is 122 Å². The molecule has 1 N–H and O–H groups in total. The van der Waals surface area contributed by atoms with Gasteiger partial charge in [0.25, 0.3) is 0 Å². The number of hydrogen-bond donors (Lipinski definition) is 1. The molecule has 0 saturated carbocycles. The molecule has 0 unspecified atom stereocenters. The van der Waals surface area contributed by atoms with Crippen molar-refractivity contribution in [2.45, 2.75) is 148 Å². The van der Waals surface area contributed by atoms with Crippen molar-refractivity contribution >= 4 is 5.97 Å². The first-order valence-electron chi connectivity index (χ1n) is 12.6. The van der Waals surface area contributed by atoms with E-state index in [1.54, 1.807) is 0 Å². The summed E-state index contributed by atoms with van der Waals surface area (Å²) in [4.78, 5) is 10.4. The van der Waals surface area contributed by atoms with Gasteiger partial charge < -0.3 is 5.11 Å². The second-order valence-corrected chi connectivity index (χ2v) is 8.56. The molecule has 166 valence electrons. The number of rotatable bonds is 23. The van der Waals surface area contributed by atoms with Crippen LogP contribution in [0.5, 0.6) is 0 Å². The summed E-state index contributed by atoms with van der Waals surface area (Å²) in [5.74, 6) is -0.661. The molecular formula is C26H50O2. The molecule has 0 aliphatic rings. The molecular weight excluding hydrogens is 344 g/mol. The first kappa shape index (κ1) is 27.2. The minimum absolute atomic E-state index is 0.332. The van der Waals surface area contributed by atoms with Crippen LogP contribution in [0.3, 0.4) is 0 Å². The van der Waals surface area contributed by atoms with Gasteiger partial charge in [0.15, 0.2) is 0 Å². The van der Waals surface area contributed by atoms with Gasteiger partial charge in [0.2, 0.25) is 0 Å². The Labute approximate surface area is 176 Å². The molecule has 28 heavy (non-hydrogen) atoms. The van der Waals surface area contributed by atoms with E-state index in [-0.39, 0.29) is 0 Å². The fourth-order valence-electron chi connectivity index (χ4n) is 3.76. The van der Waals surface area contributed by atoms with Crippen molar-refractivity contribution in [2.75, 3.05) is 0 Å². The molecule has 0 aromatic rings. The maximum absolute atomic E-state index is 10.4. The number of unbranched alkanes of at least 4 members (excludes halogenated alkanes) is 19. The van der Waals surface area contributed by atoms with Gasteiger partial charge in [0.05, 0.1) is 0 Å². The van der Waals surface area contributed by atoms with Crippen LogP contribution in [0.25, 0.3) is 0 Å². The Balaban J connectivity index is 3.07. The summed E-state index contributed by atoms with van der Waals surface area (Å²) in [6.45, 7) is 2.29. The molecule has 0 spiro atoms. The SMILES string of the molecule is CCCCCCCCCCCCCCCC/C=C/CCCCCCCC(=O)O. The van der Waals surface area contributed by atoms with E-state index in [9.17, 15) is 4.79 Å². The molecule has 2 nitrogen and oxygen atoms in total. The zero-order valence-corrected chi connectivity index (χ0v) is 19.1. The predicted molar refractivity (Wildman–Crippen MR) is 124 cm³/mol. The van der Waals surface area contributed by atoms with Gasteiger partial charge >= 0.3 is 5.97 Å². The average molecular weight is 395 g/mol. The van der Waals surface area contributed by atoms with Crippen LogP contribution in [0, 0.1) is 0 Å². The van der Waals surface area contributed by atoms with Crippen molar-refractivity contribution in [2.24, 2.45) is 0 Å². The Bertz CT molecular complexity index is 335. The molecule has 0 aromatic carbocycles. The average Bonchev–Trinajstić information content (AvgIpc) is 2.68. The topological polar surface area (TPSA) is 37.3 Å². The summed E-state index contributed by atoms with van der Waals surface area (Å²) < 4.78 is 0. The number of allylic oxidation sites excluding steroid dienone is 2. The number of carbonyl (C=O) groups is 1. The fraction of sp³-hybridized carbons (Fsp3) is 0.885. The van der Waals surface area contributed by atoms with E-state index >= 15 is 0 Å². The van der Waals surface area contributed by atoms with E-state index < -0.39 is 5.97 Å². The van der Waals surface area contributed by atoms with Crippen molar-refractivity contribution < 1.29 is 9.90 Å². The summed E-state index contributed by atoms with van der Waals surface area (Å²) in [5, 5.41) is 8.58. The van der Waals surface area contributed by atoms with Crippen LogP contribution in [0.4, 0.5) is 0 Å². The molecule has 0 radical (unpaired) electrons. The van der Waals surface area contributed by atoms with E-state index in [0.29, 0.717) is 6.42 Å². The highest BCUT2D eigenvalue weighted by atomic mass is 16.4. The summed E-state index contributed by atoms with van der Waals surface area (Å²) in [5.41, 5.74) is 0. The molecule has 2 heteroatoms. The van der Waals surface area contributed by atoms with Crippen molar-refractivity contribution in [3.8, 4) is 0 Å². The predicted octanol–water partition coefficient (Wildman–Crippen LogP) is 9.23. The zero-order chi connectivity index (χ0) is 20.5. The lowest BCUT2D eigenvalue weighted by molar-refractivity contribution is -0.137. The van der Waals surface area contributed by atoms with Crippen LogP contribution in [-0.4, -0.2) is 11.1 Å². The Kier molecular flexibility index (Phi) is 23.6. The lowest BCUT2D eigenvalue weighted by Gasteiger charge is -2.03. The minimum Gasteiger partial charge on any atom is -0.481 e. The molecule has 0 fully saturated rings. The highest BCUT2D eigenvalue weighted by Gasteiger charge is 1.96. The van der Waals surface area contributed by atoms with Gasteiger partial charge in [-0.05, 0) is 32.1 Å². The third-order valence-corrected chi connectivity index (χ3v) is 5.65. The van der Waals surface area contributed by atoms with E-state index in [1.807, 2.05) is 0 Å². The normalized spacial score (nSPS) is 11.5. The number of aliphatic carboxylic acids is 1. The van der Waals surface area contributed by atoms with Gasteiger partial charge in [-0.25, -0.2) is 0 Å². The molecule has 0 rings (SSSR count). The van der Waals surface area contributed by atoms with Crippen LogP contribution < -0.4 is 0 Å². The molecule has 0 saturated heterocycles. The fourth-order valence-corrected chi connectivity index (χ4v) is 3.76. The second kappa shape index (κ2) is 24.2. The number of carboxylic acids is 1. The maximum Gasteiger partial charge on any atom is 0.303 e. The standard InChI is InChI=1S/C26H50O2/c1-2-3-4-5-6-7-8-9-10-11-12-13-14-15-16-17-18-19-20-21-22-23-24-25-26(27)28/h17-18H,2-16,19-25H2,1H3,(H,27,28)/b18-17+. The van der Waals surface area contributed by atoms with Crippen molar-refractivity contribution in [1.29, 1.82) is 0 Å². The monoisotopic (exact) mass is 394 g/mol. The lowest BCUT2D eigenvalue weighted by Crippen LogP contribution is -1.93. The van der Waals surface area contributed by atoms with Gasteiger partial charge in [0.1, 0.15) is 0 Å². The molecule has 0 heterocycles. The van der Waals surface area contributed by atoms with Crippen LogP contribution in [-0.2, 0) is 4.79 Å². The number of hydrogen-bond acceptors (Lipinski definition) is 1. The number of carboxylic acid groups (broad SMARTS) is 1. The van der Waals surface area contributed by atoms with Gasteiger partial charge in [-0.1, -0.05) is 122 Å². The Hall–Kier alpha value is -0.790. The minimum atomic E-state index is -0.661. The molecule has 0 amide bonds. The molecule has 0 bridgehead atoms. The summed E-state index contributed by atoms with van der Waals surface area (Å²) in [6, 6.07) is 0. The smallest absolute Gasteiger partial charge is 0.303 e. The molecule has 0 atom stereocenters. The van der Waals surface area contributed by atoms with Gasteiger partial charge in [-0.2, -0.15) is 0 Å². The Morgan fingerprint density at radius 1 is 0.536 bits per heavy atom. The quantitative estimate of drug-likeness (QED) is 0.138. The van der Waals surface area contributed by atoms with Crippen molar-refractivity contribution in [1.82, 2.24) is 0 Å². The molecule has 0 aliphatic heterocycles. The van der Waals surface area contributed by atoms with Crippen molar-refractivity contribution in [3.63, 3.8) is 0 Å². The molecule has 0 aromatic heterocycles. The maximum atomic E-state index is 10.4. The van der Waals surface area contributed by atoms with Gasteiger partial charge in [-0.15, -0.1) is 0 Å². The van der Waals surface area contributed by atoms with Crippen LogP contribution >= 0.6 is 0 Å². The third kappa shape index (κ3) is 25.2. The van der Waals surface area contributed by atoms with Crippen molar-refractivity contribution in [3.05, 3.63) is 12.2 Å². The zero-order valence-electron chi connectivity index (χ0n) is 19.1. The van der Waals surface area contributed by atoms with E-state index in [4.69, 9.17) is 5.11 Å². The largest absolute Gasteiger partial charge is 0.481 e. The highest BCUT2D eigenvalue weighted by molar-refractivity contribution is 5.66. The van der Waals surface area contributed by atoms with Crippen LogP contribution in [0.2, 0.25) is 0 Å². The Morgan fingerprint density at radius 2 is 0.857 bits per heavy atom. The summed E-state index contributed by atoms with van der Waals surface area (Å²) in [7, 11) is 0. The first-order valence-corrected chi connectivity index (χ1v) is 12.6. The lowest BCUT2D eigenvalue weighted by atomic mass is 10.0. The van der Waals surface area contributed by atoms with Crippen LogP contribution in [0.1, 0.15) is 148 Å². The van der Waals surface area contributed by atoms with Crippen LogP contribution in [0.15, 0.2) is 12.2 Å². The summed E-state index contributed by atoms with van der Waals surface area (Å²) in [6.07, 6.45) is 33.1. The van der Waals surface area contributed by atoms with E-state index in [2.05, 4.69) is 19.1 Å². The van der Waals surface area contributed by atoms with E-state index in [0.717, 1.165) is 12.8 Å². The third-order valence-electron chi connectivity index (χ3n) is 5.65. The first-order chi connectivity index (χ1) is 13.8. The Morgan fingerprint density at radius 3 is 1.21 bits per heavy atom.